The number of carbonyl (C=O) groups is 2. The highest BCUT2D eigenvalue weighted by Crippen LogP contribution is 2.15. The monoisotopic (exact) mass is 346 g/mol. The fourth-order valence-electron chi connectivity index (χ4n) is 2.18. The zero-order valence-corrected chi connectivity index (χ0v) is 14.1. The molecule has 24 heavy (non-hydrogen) atoms. The average molecular weight is 347 g/mol. The van der Waals surface area contributed by atoms with E-state index in [1.807, 2.05) is 24.3 Å². The van der Waals surface area contributed by atoms with Crippen molar-refractivity contribution in [1.29, 1.82) is 0 Å². The molecule has 2 N–H and O–H groups in total. The lowest BCUT2D eigenvalue weighted by Gasteiger charge is -2.09. The molecule has 2 rings (SSSR count). The first-order valence-electron chi connectivity index (χ1n) is 7.55. The number of benzene rings is 2. The van der Waals surface area contributed by atoms with Crippen LogP contribution in [0.2, 0.25) is 5.02 Å². The molecule has 1 amide bonds. The van der Waals surface area contributed by atoms with Crippen molar-refractivity contribution in [1.82, 2.24) is 5.32 Å². The summed E-state index contributed by atoms with van der Waals surface area (Å²) in [6, 6.07) is 14.4. The Labute approximate surface area is 146 Å². The topological polar surface area (TPSA) is 67.4 Å². The van der Waals surface area contributed by atoms with Crippen molar-refractivity contribution in [3.05, 3.63) is 64.7 Å². The zero-order valence-electron chi connectivity index (χ0n) is 13.3. The van der Waals surface area contributed by atoms with Crippen LogP contribution in [0.25, 0.3) is 0 Å². The van der Waals surface area contributed by atoms with Crippen LogP contribution in [-0.4, -0.2) is 32.1 Å². The van der Waals surface area contributed by atoms with E-state index in [-0.39, 0.29) is 12.5 Å². The van der Waals surface area contributed by atoms with E-state index in [2.05, 4.69) is 10.6 Å². The van der Waals surface area contributed by atoms with Crippen LogP contribution < -0.4 is 10.6 Å². The molecule has 0 aliphatic carbocycles. The van der Waals surface area contributed by atoms with Crippen molar-refractivity contribution in [2.75, 3.05) is 25.5 Å². The molecule has 0 radical (unpaired) electrons. The van der Waals surface area contributed by atoms with Crippen molar-refractivity contribution in [2.45, 2.75) is 6.42 Å². The molecule has 0 aromatic heterocycles. The number of amides is 1. The van der Waals surface area contributed by atoms with Gasteiger partial charge >= 0.3 is 5.97 Å². The minimum absolute atomic E-state index is 0.313. The lowest BCUT2D eigenvalue weighted by atomic mass is 10.1. The van der Waals surface area contributed by atoms with Crippen molar-refractivity contribution < 1.29 is 14.3 Å². The summed E-state index contributed by atoms with van der Waals surface area (Å²) in [6.07, 6.45) is 0.656. The summed E-state index contributed by atoms with van der Waals surface area (Å²) in [4.78, 5) is 23.8. The van der Waals surface area contributed by atoms with Gasteiger partial charge in [0.2, 0.25) is 0 Å². The van der Waals surface area contributed by atoms with Crippen molar-refractivity contribution in [2.24, 2.45) is 0 Å². The van der Waals surface area contributed by atoms with Gasteiger partial charge in [-0.1, -0.05) is 35.9 Å². The van der Waals surface area contributed by atoms with E-state index in [9.17, 15) is 9.59 Å². The molecule has 6 heteroatoms. The summed E-state index contributed by atoms with van der Waals surface area (Å²) in [6.45, 7) is 0.135. The SMILES string of the molecule is CNc1ccccc1C(=O)OCC(=O)NCCc1cccc(Cl)c1. The lowest BCUT2D eigenvalue weighted by Crippen LogP contribution is -2.30. The normalized spacial score (nSPS) is 10.1. The number of halogens is 1. The van der Waals surface area contributed by atoms with Crippen molar-refractivity contribution in [3.63, 3.8) is 0 Å². The molecule has 0 spiro atoms. The van der Waals surface area contributed by atoms with Gasteiger partial charge in [0.25, 0.3) is 5.91 Å². The summed E-state index contributed by atoms with van der Waals surface area (Å²) in [5.74, 6) is -0.878. The highest BCUT2D eigenvalue weighted by Gasteiger charge is 2.13. The first kappa shape index (κ1) is 17.8. The summed E-state index contributed by atoms with van der Waals surface area (Å²) in [5.41, 5.74) is 2.08. The summed E-state index contributed by atoms with van der Waals surface area (Å²) in [7, 11) is 1.72. The number of hydrogen-bond acceptors (Lipinski definition) is 4. The molecule has 0 unspecified atom stereocenters. The maximum Gasteiger partial charge on any atom is 0.340 e. The Morgan fingerprint density at radius 1 is 1.12 bits per heavy atom. The highest BCUT2D eigenvalue weighted by molar-refractivity contribution is 6.30. The van der Waals surface area contributed by atoms with Crippen LogP contribution in [-0.2, 0) is 16.0 Å². The molecule has 0 atom stereocenters. The van der Waals surface area contributed by atoms with E-state index in [1.54, 1.807) is 31.3 Å². The quantitative estimate of drug-likeness (QED) is 0.756. The molecular weight excluding hydrogens is 328 g/mol. The van der Waals surface area contributed by atoms with Gasteiger partial charge in [0.1, 0.15) is 0 Å². The van der Waals surface area contributed by atoms with E-state index in [0.717, 1.165) is 5.56 Å². The number of esters is 1. The molecule has 2 aromatic carbocycles. The highest BCUT2D eigenvalue weighted by atomic mass is 35.5. The molecule has 0 heterocycles. The smallest absolute Gasteiger partial charge is 0.340 e. The van der Waals surface area contributed by atoms with Crippen molar-refractivity contribution in [3.8, 4) is 0 Å². The van der Waals surface area contributed by atoms with Crippen molar-refractivity contribution >= 4 is 29.2 Å². The van der Waals surface area contributed by atoms with Crippen LogP contribution in [0.3, 0.4) is 0 Å². The van der Waals surface area contributed by atoms with E-state index in [1.165, 1.54) is 0 Å². The fourth-order valence-corrected chi connectivity index (χ4v) is 2.39. The standard InChI is InChI=1S/C18H19ClN2O3/c1-20-16-8-3-2-7-15(16)18(23)24-12-17(22)21-10-9-13-5-4-6-14(19)11-13/h2-8,11,20H,9-10,12H2,1H3,(H,21,22). The Kier molecular flexibility index (Phi) is 6.63. The van der Waals surface area contributed by atoms with Crippen LogP contribution in [0.5, 0.6) is 0 Å². The van der Waals surface area contributed by atoms with Gasteiger partial charge in [-0.3, -0.25) is 4.79 Å². The Morgan fingerprint density at radius 2 is 1.92 bits per heavy atom. The molecule has 0 bridgehead atoms. The van der Waals surface area contributed by atoms with Crippen LogP contribution >= 0.6 is 11.6 Å². The largest absolute Gasteiger partial charge is 0.452 e. The molecule has 0 saturated heterocycles. The second kappa shape index (κ2) is 8.93. The maximum absolute atomic E-state index is 12.0. The maximum atomic E-state index is 12.0. The van der Waals surface area contributed by atoms with Gasteiger partial charge in [-0.2, -0.15) is 0 Å². The third-order valence-corrected chi connectivity index (χ3v) is 3.61. The number of rotatable bonds is 7. The third kappa shape index (κ3) is 5.28. The minimum atomic E-state index is -0.537. The van der Waals surface area contributed by atoms with Gasteiger partial charge in [0.05, 0.1) is 5.56 Å². The Balaban J connectivity index is 1.75. The minimum Gasteiger partial charge on any atom is -0.452 e. The summed E-state index contributed by atoms with van der Waals surface area (Å²) < 4.78 is 5.04. The molecule has 0 aliphatic rings. The first-order chi connectivity index (χ1) is 11.6. The third-order valence-electron chi connectivity index (χ3n) is 3.38. The number of nitrogens with one attached hydrogen (secondary N) is 2. The molecule has 0 aliphatic heterocycles. The van der Waals surface area contributed by atoms with Crippen LogP contribution in [0.4, 0.5) is 5.69 Å². The number of ether oxygens (including phenoxy) is 1. The molecular formula is C18H19ClN2O3. The average Bonchev–Trinajstić information content (AvgIpc) is 2.59. The predicted octanol–water partition coefficient (Wildman–Crippen LogP) is 2.90. The molecule has 2 aromatic rings. The number of carbonyl (C=O) groups excluding carboxylic acids is 2. The molecule has 126 valence electrons. The van der Waals surface area contributed by atoms with Crippen LogP contribution in [0, 0.1) is 0 Å². The van der Waals surface area contributed by atoms with E-state index < -0.39 is 5.97 Å². The molecule has 0 fully saturated rings. The second-order valence-electron chi connectivity index (χ2n) is 5.10. The van der Waals surface area contributed by atoms with Gasteiger partial charge in [-0.05, 0) is 36.2 Å². The van der Waals surface area contributed by atoms with Gasteiger partial charge < -0.3 is 15.4 Å². The summed E-state index contributed by atoms with van der Waals surface area (Å²) >= 11 is 5.90. The van der Waals surface area contributed by atoms with Gasteiger partial charge in [0, 0.05) is 24.3 Å². The summed E-state index contributed by atoms with van der Waals surface area (Å²) in [5, 5.41) is 6.28. The Morgan fingerprint density at radius 3 is 2.67 bits per heavy atom. The van der Waals surface area contributed by atoms with E-state index in [0.29, 0.717) is 29.2 Å². The molecule has 0 saturated carbocycles. The van der Waals surface area contributed by atoms with Gasteiger partial charge in [-0.15, -0.1) is 0 Å². The fraction of sp³-hybridized carbons (Fsp3) is 0.222. The van der Waals surface area contributed by atoms with Gasteiger partial charge in [0.15, 0.2) is 6.61 Å². The number of hydrogen-bond donors (Lipinski definition) is 2. The number of anilines is 1. The number of para-hydroxylation sites is 1. The lowest BCUT2D eigenvalue weighted by molar-refractivity contribution is -0.124. The van der Waals surface area contributed by atoms with Crippen LogP contribution in [0.15, 0.2) is 48.5 Å². The Hall–Kier alpha value is -2.53. The Bertz CT molecular complexity index is 719. The van der Waals surface area contributed by atoms with E-state index >= 15 is 0 Å². The zero-order chi connectivity index (χ0) is 17.4. The first-order valence-corrected chi connectivity index (χ1v) is 7.93. The van der Waals surface area contributed by atoms with Crippen LogP contribution in [0.1, 0.15) is 15.9 Å². The van der Waals surface area contributed by atoms with Gasteiger partial charge in [-0.25, -0.2) is 4.79 Å². The molecule has 5 nitrogen and oxygen atoms in total. The predicted molar refractivity (Wildman–Crippen MR) is 94.4 cm³/mol. The second-order valence-corrected chi connectivity index (χ2v) is 5.54. The van der Waals surface area contributed by atoms with E-state index in [4.69, 9.17) is 16.3 Å².